The quantitative estimate of drug-likeness (QED) is 0.453. The summed E-state index contributed by atoms with van der Waals surface area (Å²) in [6.45, 7) is 2.60. The number of halogens is 2. The van der Waals surface area contributed by atoms with E-state index in [1.54, 1.807) is 59.4 Å². The first-order valence-corrected chi connectivity index (χ1v) is 11.9. The van der Waals surface area contributed by atoms with Gasteiger partial charge < -0.3 is 10.2 Å². The molecule has 4 aromatic rings. The van der Waals surface area contributed by atoms with E-state index in [0.29, 0.717) is 46.8 Å². The van der Waals surface area contributed by atoms with Crippen LogP contribution < -0.4 is 5.32 Å². The van der Waals surface area contributed by atoms with E-state index in [2.05, 4.69) is 20.4 Å². The number of likely N-dealkylation sites (tertiary alicyclic amines) is 1. The minimum Gasteiger partial charge on any atom is -0.347 e. The van der Waals surface area contributed by atoms with Crippen LogP contribution in [0.2, 0.25) is 5.02 Å². The van der Waals surface area contributed by atoms with E-state index >= 15 is 0 Å². The van der Waals surface area contributed by atoms with Gasteiger partial charge in [0.1, 0.15) is 17.0 Å². The highest BCUT2D eigenvalue weighted by molar-refractivity contribution is 6.35. The number of rotatable bonds is 4. The highest BCUT2D eigenvalue weighted by atomic mass is 35.5. The van der Waals surface area contributed by atoms with Crippen molar-refractivity contribution in [3.63, 3.8) is 0 Å². The molecule has 3 heterocycles. The van der Waals surface area contributed by atoms with Gasteiger partial charge in [-0.15, -0.1) is 0 Å². The number of hydrogen-bond acceptors (Lipinski definition) is 5. The zero-order valence-electron chi connectivity index (χ0n) is 19.8. The largest absolute Gasteiger partial charge is 0.347 e. The molecule has 8 nitrogen and oxygen atoms in total. The Hall–Kier alpha value is -3.85. The van der Waals surface area contributed by atoms with Crippen molar-refractivity contribution in [2.45, 2.75) is 25.3 Å². The van der Waals surface area contributed by atoms with E-state index in [4.69, 9.17) is 11.6 Å². The number of carbonyl (C=O) groups is 2. The van der Waals surface area contributed by atoms with Crippen LogP contribution in [0.4, 0.5) is 4.39 Å². The first-order chi connectivity index (χ1) is 17.3. The standard InChI is InChI=1S/C26H24ClFN6O2/c1-15-11-23(33(2)32-15)25(35)31-21-7-10-34(14-19(21)16-3-5-18(28)6-4-16)26(36)17-12-20(27)24-22(13-17)29-8-9-30-24/h3-6,8-9,11-13,19,21H,7,10,14H2,1-2H3,(H,31,35)/t19-,21-/m1/s1. The maximum Gasteiger partial charge on any atom is 0.269 e. The number of fused-ring (bicyclic) bond motifs is 1. The highest BCUT2D eigenvalue weighted by Crippen LogP contribution is 2.30. The minimum absolute atomic E-state index is 0.191. The Balaban J connectivity index is 1.42. The summed E-state index contributed by atoms with van der Waals surface area (Å²) in [5, 5.41) is 7.72. The number of hydrogen-bond donors (Lipinski definition) is 1. The van der Waals surface area contributed by atoms with Gasteiger partial charge in [-0.1, -0.05) is 23.7 Å². The van der Waals surface area contributed by atoms with Gasteiger partial charge in [-0.05, 0) is 49.2 Å². The van der Waals surface area contributed by atoms with Crippen LogP contribution in [0.3, 0.4) is 0 Å². The summed E-state index contributed by atoms with van der Waals surface area (Å²) in [5.41, 5.74) is 3.53. The first-order valence-electron chi connectivity index (χ1n) is 11.6. The second-order valence-electron chi connectivity index (χ2n) is 8.95. The number of amides is 2. The van der Waals surface area contributed by atoms with Crippen LogP contribution in [0.5, 0.6) is 0 Å². The number of benzene rings is 2. The molecule has 36 heavy (non-hydrogen) atoms. The van der Waals surface area contributed by atoms with Gasteiger partial charge in [-0.2, -0.15) is 5.10 Å². The SMILES string of the molecule is Cc1cc(C(=O)N[C@@H]2CCN(C(=O)c3cc(Cl)c4nccnc4c3)C[C@@H]2c2ccc(F)cc2)n(C)n1. The number of aryl methyl sites for hydroxylation is 2. The minimum atomic E-state index is -0.347. The van der Waals surface area contributed by atoms with E-state index < -0.39 is 0 Å². The number of piperidine rings is 1. The highest BCUT2D eigenvalue weighted by Gasteiger charge is 2.34. The molecule has 0 bridgehead atoms. The molecule has 0 unspecified atom stereocenters. The molecule has 0 aliphatic carbocycles. The smallest absolute Gasteiger partial charge is 0.269 e. The molecule has 1 aliphatic heterocycles. The molecule has 1 N–H and O–H groups in total. The molecule has 1 fully saturated rings. The molecular formula is C26H24ClFN6O2. The molecule has 0 spiro atoms. The fourth-order valence-corrected chi connectivity index (χ4v) is 5.02. The number of nitrogens with zero attached hydrogens (tertiary/aromatic N) is 5. The van der Waals surface area contributed by atoms with Crippen molar-refractivity contribution in [1.82, 2.24) is 30.0 Å². The molecule has 2 aromatic carbocycles. The Morgan fingerprint density at radius 2 is 1.86 bits per heavy atom. The van der Waals surface area contributed by atoms with Crippen LogP contribution in [0, 0.1) is 12.7 Å². The monoisotopic (exact) mass is 506 g/mol. The summed E-state index contributed by atoms with van der Waals surface area (Å²) >= 11 is 6.37. The molecule has 2 amide bonds. The Bertz CT molecular complexity index is 1450. The number of nitrogens with one attached hydrogen (secondary N) is 1. The van der Waals surface area contributed by atoms with Crippen molar-refractivity contribution in [1.29, 1.82) is 0 Å². The van der Waals surface area contributed by atoms with Gasteiger partial charge >= 0.3 is 0 Å². The predicted octanol–water partition coefficient (Wildman–Crippen LogP) is 3.89. The Morgan fingerprint density at radius 1 is 1.11 bits per heavy atom. The summed E-state index contributed by atoms with van der Waals surface area (Å²) < 4.78 is 15.2. The Labute approximate surface area is 212 Å². The van der Waals surface area contributed by atoms with Crippen LogP contribution in [-0.4, -0.2) is 55.6 Å². The number of aromatic nitrogens is 4. The van der Waals surface area contributed by atoms with Crippen molar-refractivity contribution in [3.8, 4) is 0 Å². The summed E-state index contributed by atoms with van der Waals surface area (Å²) in [4.78, 5) is 36.8. The second-order valence-corrected chi connectivity index (χ2v) is 9.36. The van der Waals surface area contributed by atoms with Gasteiger partial charge in [-0.3, -0.25) is 24.2 Å². The molecule has 1 aliphatic rings. The van der Waals surface area contributed by atoms with Gasteiger partial charge in [0.05, 0.1) is 16.2 Å². The molecule has 2 atom stereocenters. The molecule has 5 rings (SSSR count). The third kappa shape index (κ3) is 4.66. The Kier molecular flexibility index (Phi) is 6.40. The number of carbonyl (C=O) groups excluding carboxylic acids is 2. The van der Waals surface area contributed by atoms with Crippen LogP contribution in [0.1, 0.15) is 44.4 Å². The zero-order chi connectivity index (χ0) is 25.4. The maximum atomic E-state index is 13.7. The molecular weight excluding hydrogens is 483 g/mol. The fourth-order valence-electron chi connectivity index (χ4n) is 4.76. The molecule has 10 heteroatoms. The second kappa shape index (κ2) is 9.66. The van der Waals surface area contributed by atoms with Crippen LogP contribution in [-0.2, 0) is 7.05 Å². The third-order valence-corrected chi connectivity index (χ3v) is 6.81. The van der Waals surface area contributed by atoms with Crippen LogP contribution in [0.15, 0.2) is 54.9 Å². The topological polar surface area (TPSA) is 93.0 Å². The summed E-state index contributed by atoms with van der Waals surface area (Å²) in [7, 11) is 1.72. The average molecular weight is 507 g/mol. The lowest BCUT2D eigenvalue weighted by molar-refractivity contribution is 0.0671. The zero-order valence-corrected chi connectivity index (χ0v) is 20.5. The van der Waals surface area contributed by atoms with Gasteiger partial charge in [0.15, 0.2) is 0 Å². The van der Waals surface area contributed by atoms with Crippen molar-refractivity contribution >= 4 is 34.4 Å². The third-order valence-electron chi connectivity index (χ3n) is 6.52. The van der Waals surface area contributed by atoms with Gasteiger partial charge in [0.25, 0.3) is 11.8 Å². The molecule has 2 aromatic heterocycles. The average Bonchev–Trinajstić information content (AvgIpc) is 3.22. The summed E-state index contributed by atoms with van der Waals surface area (Å²) in [6.07, 6.45) is 3.63. The lowest BCUT2D eigenvalue weighted by atomic mass is 9.85. The van der Waals surface area contributed by atoms with E-state index in [-0.39, 0.29) is 29.6 Å². The van der Waals surface area contributed by atoms with Crippen LogP contribution >= 0.6 is 11.6 Å². The predicted molar refractivity (Wildman–Crippen MR) is 133 cm³/mol. The Morgan fingerprint density at radius 3 is 2.58 bits per heavy atom. The molecule has 0 saturated carbocycles. The van der Waals surface area contributed by atoms with Crippen molar-refractivity contribution in [2.75, 3.05) is 13.1 Å². The van der Waals surface area contributed by atoms with E-state index in [9.17, 15) is 14.0 Å². The lowest BCUT2D eigenvalue weighted by Crippen LogP contribution is -2.51. The molecule has 184 valence electrons. The van der Waals surface area contributed by atoms with E-state index in [1.165, 1.54) is 12.1 Å². The van der Waals surface area contributed by atoms with Crippen LogP contribution in [0.25, 0.3) is 11.0 Å². The van der Waals surface area contributed by atoms with Gasteiger partial charge in [0.2, 0.25) is 0 Å². The van der Waals surface area contributed by atoms with Gasteiger partial charge in [0, 0.05) is 50.1 Å². The van der Waals surface area contributed by atoms with E-state index in [1.807, 2.05) is 6.92 Å². The summed E-state index contributed by atoms with van der Waals surface area (Å²) in [6, 6.07) is 10.9. The van der Waals surface area contributed by atoms with Crippen molar-refractivity contribution < 1.29 is 14.0 Å². The van der Waals surface area contributed by atoms with Gasteiger partial charge in [-0.25, -0.2) is 4.39 Å². The lowest BCUT2D eigenvalue weighted by Gasteiger charge is -2.39. The van der Waals surface area contributed by atoms with Crippen molar-refractivity contribution in [3.05, 3.63) is 88.2 Å². The first kappa shape index (κ1) is 23.9. The molecule has 0 radical (unpaired) electrons. The van der Waals surface area contributed by atoms with Crippen molar-refractivity contribution in [2.24, 2.45) is 7.05 Å². The van der Waals surface area contributed by atoms with E-state index in [0.717, 1.165) is 11.3 Å². The normalized spacial score (nSPS) is 17.8. The molecule has 1 saturated heterocycles. The summed E-state index contributed by atoms with van der Waals surface area (Å²) in [5.74, 6) is -1.02. The fraction of sp³-hybridized carbons (Fsp3) is 0.269. The maximum absolute atomic E-state index is 13.7.